The number of aliphatic hydroxyl groups is 1. The van der Waals surface area contributed by atoms with Crippen LogP contribution in [0, 0.1) is 13.8 Å². The van der Waals surface area contributed by atoms with E-state index in [9.17, 15) is 0 Å². The summed E-state index contributed by atoms with van der Waals surface area (Å²) in [6, 6.07) is 1.85. The van der Waals surface area contributed by atoms with Crippen LogP contribution in [0.5, 0.6) is 0 Å². The van der Waals surface area contributed by atoms with Crippen LogP contribution < -0.4 is 0 Å². The zero-order valence-corrected chi connectivity index (χ0v) is 12.5. The van der Waals surface area contributed by atoms with Gasteiger partial charge in [0, 0.05) is 0 Å². The third-order valence-corrected chi connectivity index (χ3v) is 2.97. The van der Waals surface area contributed by atoms with Gasteiger partial charge in [0.15, 0.2) is 0 Å². The molecule has 0 unspecified atom stereocenters. The van der Waals surface area contributed by atoms with Crippen molar-refractivity contribution in [3.05, 3.63) is 32.8 Å². The van der Waals surface area contributed by atoms with E-state index >= 15 is 0 Å². The Kier molecular flexibility index (Phi) is 11.3. The zero-order valence-electron chi connectivity index (χ0n) is 11.0. The Morgan fingerprint density at radius 1 is 1.00 bits per heavy atom. The molecule has 0 saturated heterocycles. The molecule has 1 N–H and O–H groups in total. The topological polar surface area (TPSA) is 20.2 Å². The fraction of sp³-hybridized carbons (Fsp3) is 0.538. The molecule has 1 aromatic rings. The smallest absolute Gasteiger partial charge is 0.0685 e. The van der Waals surface area contributed by atoms with E-state index in [1.54, 1.807) is 0 Å². The highest BCUT2D eigenvalue weighted by Gasteiger charge is 2.08. The highest BCUT2D eigenvalue weighted by molar-refractivity contribution is 6.43. The lowest BCUT2D eigenvalue weighted by atomic mass is 10.1. The Morgan fingerprint density at radius 2 is 1.44 bits per heavy atom. The number of benzene rings is 1. The molecule has 0 spiro atoms. The number of halogens is 2. The molecule has 0 bridgehead atoms. The fourth-order valence-corrected chi connectivity index (χ4v) is 1.54. The van der Waals surface area contributed by atoms with Crippen LogP contribution in [0.1, 0.15) is 44.4 Å². The monoisotopic (exact) mass is 264 g/mol. The Balaban J connectivity index is 0. The summed E-state index contributed by atoms with van der Waals surface area (Å²) >= 11 is 11.8. The van der Waals surface area contributed by atoms with E-state index < -0.39 is 0 Å². The second-order valence-electron chi connectivity index (χ2n) is 2.76. The summed E-state index contributed by atoms with van der Waals surface area (Å²) in [5.74, 6) is 0. The molecule has 0 aliphatic heterocycles. The van der Waals surface area contributed by atoms with Crippen LogP contribution in [0.3, 0.4) is 0 Å². The molecule has 94 valence electrons. The van der Waals surface area contributed by atoms with E-state index in [-0.39, 0.29) is 6.61 Å². The third kappa shape index (κ3) is 4.73. The molecule has 1 nitrogen and oxygen atoms in total. The predicted molar refractivity (Wildman–Crippen MR) is 74.6 cm³/mol. The average molecular weight is 265 g/mol. The molecule has 1 rings (SSSR count). The maximum absolute atomic E-state index is 8.96. The van der Waals surface area contributed by atoms with Crippen LogP contribution >= 0.6 is 23.2 Å². The van der Waals surface area contributed by atoms with Gasteiger partial charge in [0.05, 0.1) is 16.7 Å². The van der Waals surface area contributed by atoms with Gasteiger partial charge in [-0.1, -0.05) is 57.0 Å². The molecule has 0 heterocycles. The Bertz CT molecular complexity index is 309. The maximum Gasteiger partial charge on any atom is 0.0685 e. The van der Waals surface area contributed by atoms with Gasteiger partial charge < -0.3 is 5.11 Å². The highest BCUT2D eigenvalue weighted by Crippen LogP contribution is 2.31. The Hall–Kier alpha value is -0.240. The Morgan fingerprint density at radius 3 is 1.81 bits per heavy atom. The zero-order chi connectivity index (χ0) is 13.3. The normalized spacial score (nSPS) is 8.56. The summed E-state index contributed by atoms with van der Waals surface area (Å²) in [7, 11) is 0. The lowest BCUT2D eigenvalue weighted by molar-refractivity contribution is 0.281. The van der Waals surface area contributed by atoms with Crippen LogP contribution in [0.25, 0.3) is 0 Å². The third-order valence-electron chi connectivity index (χ3n) is 1.91. The van der Waals surface area contributed by atoms with E-state index in [1.807, 2.05) is 47.6 Å². The molecule has 16 heavy (non-hydrogen) atoms. The van der Waals surface area contributed by atoms with Crippen molar-refractivity contribution >= 4 is 23.2 Å². The van der Waals surface area contributed by atoms with Crippen LogP contribution in [-0.4, -0.2) is 5.11 Å². The standard InChI is InChI=1S/C9H10Cl2O.2C2H6/c1-5-3-7(4-12)6(2)9(11)8(5)10;2*1-2/h3,12H,4H2,1-2H3;2*1-2H3. The van der Waals surface area contributed by atoms with E-state index in [4.69, 9.17) is 28.3 Å². The minimum absolute atomic E-state index is 0.00353. The lowest BCUT2D eigenvalue weighted by Crippen LogP contribution is -1.92. The molecule has 0 saturated carbocycles. The summed E-state index contributed by atoms with van der Waals surface area (Å²) in [5.41, 5.74) is 2.59. The maximum atomic E-state index is 8.96. The summed E-state index contributed by atoms with van der Waals surface area (Å²) in [5, 5.41) is 10.1. The Labute approximate surface area is 109 Å². The van der Waals surface area contributed by atoms with E-state index in [0.717, 1.165) is 16.7 Å². The van der Waals surface area contributed by atoms with Gasteiger partial charge in [-0.25, -0.2) is 0 Å². The molecule has 0 aliphatic carbocycles. The van der Waals surface area contributed by atoms with E-state index in [0.29, 0.717) is 10.0 Å². The van der Waals surface area contributed by atoms with Crippen molar-refractivity contribution in [3.8, 4) is 0 Å². The van der Waals surface area contributed by atoms with E-state index in [1.165, 1.54) is 0 Å². The molecule has 0 aliphatic rings. The van der Waals surface area contributed by atoms with Gasteiger partial charge >= 0.3 is 0 Å². The highest BCUT2D eigenvalue weighted by atomic mass is 35.5. The fourth-order valence-electron chi connectivity index (χ4n) is 1.08. The predicted octanol–water partition coefficient (Wildman–Crippen LogP) is 5.15. The van der Waals surface area contributed by atoms with Gasteiger partial charge in [-0.2, -0.15) is 0 Å². The van der Waals surface area contributed by atoms with E-state index in [2.05, 4.69) is 0 Å². The molecule has 3 heteroatoms. The average Bonchev–Trinajstić information content (AvgIpc) is 2.36. The van der Waals surface area contributed by atoms with Crippen molar-refractivity contribution in [3.63, 3.8) is 0 Å². The van der Waals surface area contributed by atoms with Crippen molar-refractivity contribution in [1.82, 2.24) is 0 Å². The van der Waals surface area contributed by atoms with Crippen molar-refractivity contribution < 1.29 is 5.11 Å². The second-order valence-corrected chi connectivity index (χ2v) is 3.52. The van der Waals surface area contributed by atoms with Crippen LogP contribution in [-0.2, 0) is 6.61 Å². The number of aliphatic hydroxyl groups excluding tert-OH is 1. The van der Waals surface area contributed by atoms with Crippen molar-refractivity contribution in [2.45, 2.75) is 48.1 Å². The summed E-state index contributed by atoms with van der Waals surface area (Å²) < 4.78 is 0. The van der Waals surface area contributed by atoms with Gasteiger partial charge in [0.1, 0.15) is 0 Å². The molecule has 0 atom stereocenters. The number of hydrogen-bond donors (Lipinski definition) is 1. The second kappa shape index (κ2) is 9.95. The van der Waals surface area contributed by atoms with Crippen molar-refractivity contribution in [2.75, 3.05) is 0 Å². The van der Waals surface area contributed by atoms with Gasteiger partial charge in [0.2, 0.25) is 0 Å². The molecular weight excluding hydrogens is 243 g/mol. The van der Waals surface area contributed by atoms with Crippen LogP contribution in [0.4, 0.5) is 0 Å². The number of rotatable bonds is 1. The SMILES string of the molecule is CC.CC.Cc1cc(CO)c(C)c(Cl)c1Cl. The first-order valence-corrected chi connectivity index (χ1v) is 6.38. The van der Waals surface area contributed by atoms with Crippen molar-refractivity contribution in [2.24, 2.45) is 0 Å². The first-order valence-electron chi connectivity index (χ1n) is 5.63. The van der Waals surface area contributed by atoms with Crippen molar-refractivity contribution in [1.29, 1.82) is 0 Å². The van der Waals surface area contributed by atoms with Crippen LogP contribution in [0.2, 0.25) is 10.0 Å². The number of hydrogen-bond acceptors (Lipinski definition) is 1. The van der Waals surface area contributed by atoms with Gasteiger partial charge in [-0.05, 0) is 30.5 Å². The summed E-state index contributed by atoms with van der Waals surface area (Å²) in [4.78, 5) is 0. The first-order chi connectivity index (χ1) is 7.57. The quantitative estimate of drug-likeness (QED) is 0.744. The molecule has 1 aromatic carbocycles. The first kappa shape index (κ1) is 18.1. The minimum Gasteiger partial charge on any atom is -0.392 e. The van der Waals surface area contributed by atoms with Crippen LogP contribution in [0.15, 0.2) is 6.07 Å². The molecule has 0 radical (unpaired) electrons. The summed E-state index contributed by atoms with van der Waals surface area (Å²) in [6.07, 6.45) is 0. The minimum atomic E-state index is 0.00353. The molecule has 0 aromatic heterocycles. The lowest BCUT2D eigenvalue weighted by Gasteiger charge is -2.08. The summed E-state index contributed by atoms with van der Waals surface area (Å²) in [6.45, 7) is 11.7. The molecular formula is C13H22Cl2O. The van der Waals surface area contributed by atoms with Gasteiger partial charge in [0.25, 0.3) is 0 Å². The van der Waals surface area contributed by atoms with Gasteiger partial charge in [-0.3, -0.25) is 0 Å². The molecule has 0 amide bonds. The largest absolute Gasteiger partial charge is 0.392 e. The van der Waals surface area contributed by atoms with Gasteiger partial charge in [-0.15, -0.1) is 0 Å². The number of aryl methyl sites for hydroxylation is 1. The molecule has 0 fully saturated rings.